The van der Waals surface area contributed by atoms with Crippen molar-refractivity contribution in [3.63, 3.8) is 0 Å². The number of hydrogen-bond acceptors (Lipinski definition) is 2. The topological polar surface area (TPSA) is 6.48 Å². The van der Waals surface area contributed by atoms with Crippen LogP contribution in [-0.2, 0) is 11.9 Å². The van der Waals surface area contributed by atoms with E-state index in [9.17, 15) is 0 Å². The molecule has 0 aromatic heterocycles. The van der Waals surface area contributed by atoms with Gasteiger partial charge in [0.1, 0.15) is 0 Å². The third-order valence-electron chi connectivity index (χ3n) is 11.0. The molecule has 6 heteroatoms. The molecule has 0 atom stereocenters. The first-order chi connectivity index (χ1) is 23.4. The van der Waals surface area contributed by atoms with Crippen LogP contribution >= 0.6 is 27.3 Å². The second-order valence-electron chi connectivity index (χ2n) is 14.4. The van der Waals surface area contributed by atoms with Crippen molar-refractivity contribution in [2.75, 3.05) is 22.9 Å². The Kier molecular flexibility index (Phi) is 13.4. The maximum absolute atomic E-state index is 7.23. The SMILES string of the molecule is C1CCC(P(C2CCCCC2)C2CCCCC2)CC1.Cc1ccccc1N1CCN(c2ccccc2C)[C]1=[Ru]([Cl])([Cl])=[CH]c1ccccc1. The summed E-state index contributed by atoms with van der Waals surface area (Å²) in [5, 5.41) is 0. The molecule has 4 fully saturated rings. The zero-order valence-corrected chi connectivity index (χ0v) is 33.4. The van der Waals surface area contributed by atoms with Crippen LogP contribution in [0.4, 0.5) is 11.4 Å². The molecule has 0 spiro atoms. The fourth-order valence-electron chi connectivity index (χ4n) is 8.69. The summed E-state index contributed by atoms with van der Waals surface area (Å²) in [6, 6.07) is 27.0. The van der Waals surface area contributed by atoms with Crippen LogP contribution < -0.4 is 9.80 Å². The minimum absolute atomic E-state index is 0.385. The third-order valence-corrected chi connectivity index (χ3v) is 20.6. The van der Waals surface area contributed by atoms with Crippen LogP contribution in [0.15, 0.2) is 78.9 Å². The Morgan fingerprint density at radius 1 is 0.542 bits per heavy atom. The van der Waals surface area contributed by atoms with Crippen LogP contribution in [0, 0.1) is 13.8 Å². The number of halogens is 2. The van der Waals surface area contributed by atoms with Gasteiger partial charge in [-0.15, -0.1) is 0 Å². The average molecular weight is 793 g/mol. The molecule has 7 rings (SSSR count). The fraction of sp³-hybridized carbons (Fsp3) is 0.524. The second kappa shape index (κ2) is 17.7. The van der Waals surface area contributed by atoms with Crippen molar-refractivity contribution < 1.29 is 11.9 Å². The number of nitrogens with zero attached hydrogens (tertiary/aromatic N) is 2. The molecule has 48 heavy (non-hydrogen) atoms. The fourth-order valence-corrected chi connectivity index (χ4v) is 19.5. The van der Waals surface area contributed by atoms with Crippen molar-refractivity contribution in [2.45, 2.75) is 127 Å². The first-order valence-electron chi connectivity index (χ1n) is 18.8. The molecule has 2 nitrogen and oxygen atoms in total. The van der Waals surface area contributed by atoms with Gasteiger partial charge in [-0.3, -0.25) is 0 Å². The molecule has 0 amide bonds. The normalized spacial score (nSPS) is 20.5. The molecule has 0 N–H and O–H groups in total. The van der Waals surface area contributed by atoms with E-state index in [0.29, 0.717) is 7.92 Å². The number of hydrogen-bond donors (Lipinski definition) is 0. The van der Waals surface area contributed by atoms with E-state index < -0.39 is 11.9 Å². The molecule has 3 aromatic carbocycles. The van der Waals surface area contributed by atoms with Crippen molar-refractivity contribution in [2.24, 2.45) is 0 Å². The van der Waals surface area contributed by atoms with E-state index >= 15 is 0 Å². The Morgan fingerprint density at radius 2 is 0.917 bits per heavy atom. The molecular formula is C42H57Cl2N2PRu. The van der Waals surface area contributed by atoms with Gasteiger partial charge in [0.05, 0.1) is 0 Å². The van der Waals surface area contributed by atoms with E-state index in [0.717, 1.165) is 23.0 Å². The quantitative estimate of drug-likeness (QED) is 0.181. The van der Waals surface area contributed by atoms with Gasteiger partial charge < -0.3 is 0 Å². The Hall–Kier alpha value is -1.37. The first-order valence-corrected chi connectivity index (χ1v) is 26.7. The summed E-state index contributed by atoms with van der Waals surface area (Å²) < 4.78 is 3.13. The monoisotopic (exact) mass is 792 g/mol. The number of rotatable bonds is 6. The summed E-state index contributed by atoms with van der Waals surface area (Å²) in [5.41, 5.74) is 9.43. The standard InChI is InChI=1S/C18H33P.C17H18N2.C7H6.2ClH.Ru/c1-4-10-16(11-5-1)19(17-12-6-2-7-13-17)18-14-8-3-9-15-18;1-14-7-3-5-9-16(14)18-11-12-19(13-18)17-10-6-4-8-15(17)2;1-7-5-3-2-4-6-7;;;/h16-18H,1-15H2;3-10H,11-12H2,1-2H3;1-6H;2*1H;/q;;;;;+2/p-2. The van der Waals surface area contributed by atoms with Crippen molar-refractivity contribution in [1.82, 2.24) is 0 Å². The summed E-state index contributed by atoms with van der Waals surface area (Å²) >= 11 is -3.36. The van der Waals surface area contributed by atoms with Gasteiger partial charge in [0, 0.05) is 0 Å². The number of anilines is 2. The minimum atomic E-state index is -3.36. The summed E-state index contributed by atoms with van der Waals surface area (Å²) in [4.78, 5) is 4.65. The maximum atomic E-state index is 7.23. The van der Waals surface area contributed by atoms with Crippen molar-refractivity contribution in [3.05, 3.63) is 95.6 Å². The average Bonchev–Trinajstić information content (AvgIpc) is 3.57. The Bertz CT molecular complexity index is 1480. The molecule has 3 aliphatic carbocycles. The van der Waals surface area contributed by atoms with E-state index in [1.807, 2.05) is 18.2 Å². The van der Waals surface area contributed by atoms with Crippen LogP contribution in [-0.4, -0.2) is 39.0 Å². The van der Waals surface area contributed by atoms with Gasteiger partial charge >= 0.3 is 184 Å². The Morgan fingerprint density at radius 3 is 1.31 bits per heavy atom. The van der Waals surface area contributed by atoms with Gasteiger partial charge in [0.2, 0.25) is 0 Å². The predicted molar refractivity (Wildman–Crippen MR) is 213 cm³/mol. The Labute approximate surface area is 303 Å². The van der Waals surface area contributed by atoms with E-state index in [2.05, 4.69) is 88.9 Å². The summed E-state index contributed by atoms with van der Waals surface area (Å²) in [5.74, 6) is 0. The molecule has 3 saturated carbocycles. The second-order valence-corrected chi connectivity index (χ2v) is 26.7. The van der Waals surface area contributed by atoms with Gasteiger partial charge in [0.25, 0.3) is 0 Å². The molecule has 0 bridgehead atoms. The van der Waals surface area contributed by atoms with Crippen molar-refractivity contribution in [1.29, 1.82) is 0 Å². The summed E-state index contributed by atoms with van der Waals surface area (Å²) in [6.45, 7) is 6.00. The van der Waals surface area contributed by atoms with Crippen molar-refractivity contribution in [3.8, 4) is 0 Å². The van der Waals surface area contributed by atoms with Crippen LogP contribution in [0.1, 0.15) is 113 Å². The van der Waals surface area contributed by atoms with Crippen LogP contribution in [0.2, 0.25) is 0 Å². The van der Waals surface area contributed by atoms with Gasteiger partial charge in [-0.05, 0) is 55.5 Å². The predicted octanol–water partition coefficient (Wildman–Crippen LogP) is 12.5. The van der Waals surface area contributed by atoms with E-state index in [1.54, 1.807) is 77.0 Å². The number of para-hydroxylation sites is 2. The van der Waals surface area contributed by atoms with Crippen molar-refractivity contribution >= 4 is 47.6 Å². The molecule has 3 aromatic rings. The molecule has 0 unspecified atom stereocenters. The van der Waals surface area contributed by atoms with Gasteiger partial charge in [-0.1, -0.05) is 65.7 Å². The first kappa shape index (κ1) is 36.4. The van der Waals surface area contributed by atoms with Gasteiger partial charge in [-0.2, -0.15) is 0 Å². The van der Waals surface area contributed by atoms with Gasteiger partial charge in [0.15, 0.2) is 0 Å². The van der Waals surface area contributed by atoms with Crippen LogP contribution in [0.3, 0.4) is 0 Å². The molecular weight excluding hydrogens is 735 g/mol. The number of benzene rings is 3. The molecule has 1 heterocycles. The van der Waals surface area contributed by atoms with E-state index in [1.165, 1.54) is 58.7 Å². The molecule has 0 radical (unpaired) electrons. The van der Waals surface area contributed by atoms with Crippen LogP contribution in [0.25, 0.3) is 0 Å². The Balaban J connectivity index is 0.000000182. The molecule has 1 aliphatic heterocycles. The van der Waals surface area contributed by atoms with Gasteiger partial charge in [-0.25, -0.2) is 0 Å². The zero-order chi connectivity index (χ0) is 33.3. The molecule has 262 valence electrons. The third kappa shape index (κ3) is 9.10. The van der Waals surface area contributed by atoms with Crippen LogP contribution in [0.5, 0.6) is 0 Å². The van der Waals surface area contributed by atoms with E-state index in [-0.39, 0.29) is 0 Å². The summed E-state index contributed by atoms with van der Waals surface area (Å²) in [7, 11) is 14.8. The number of aryl methyl sites for hydroxylation is 2. The zero-order valence-electron chi connectivity index (χ0n) is 29.3. The van der Waals surface area contributed by atoms with E-state index in [4.69, 9.17) is 19.4 Å². The summed E-state index contributed by atoms with van der Waals surface area (Å²) in [6.07, 6.45) is 23.6. The molecule has 1 saturated heterocycles. The molecule has 4 aliphatic rings.